The van der Waals surface area contributed by atoms with Gasteiger partial charge in [-0.15, -0.1) is 0 Å². The quantitative estimate of drug-likeness (QED) is 0.665. The first kappa shape index (κ1) is 21.3. The number of ether oxygens (including phenoxy) is 1. The summed E-state index contributed by atoms with van der Waals surface area (Å²) in [5, 5.41) is 2.87. The highest BCUT2D eigenvalue weighted by Gasteiger charge is 2.22. The van der Waals surface area contributed by atoms with Gasteiger partial charge < -0.3 is 10.1 Å². The summed E-state index contributed by atoms with van der Waals surface area (Å²) >= 11 is 0. The fourth-order valence-corrected chi connectivity index (χ4v) is 4.41. The van der Waals surface area contributed by atoms with Gasteiger partial charge in [-0.2, -0.15) is 0 Å². The molecule has 3 rings (SSSR count). The van der Waals surface area contributed by atoms with Crippen LogP contribution in [0.1, 0.15) is 16.8 Å². The second kappa shape index (κ2) is 9.87. The maximum atomic E-state index is 12.9. The van der Waals surface area contributed by atoms with Crippen molar-refractivity contribution >= 4 is 21.6 Å². The van der Waals surface area contributed by atoms with Crippen molar-refractivity contribution in [1.82, 2.24) is 10.2 Å². The number of sulfonamides is 1. The van der Waals surface area contributed by atoms with E-state index in [9.17, 15) is 13.2 Å². The van der Waals surface area contributed by atoms with Crippen LogP contribution in [0.2, 0.25) is 0 Å². The predicted octanol–water partition coefficient (Wildman–Crippen LogP) is 1.96. The van der Waals surface area contributed by atoms with Gasteiger partial charge >= 0.3 is 0 Å². The third kappa shape index (κ3) is 5.56. The Morgan fingerprint density at radius 1 is 1.10 bits per heavy atom. The number of anilines is 1. The molecule has 0 spiro atoms. The van der Waals surface area contributed by atoms with E-state index in [0.717, 1.165) is 39.3 Å². The maximum Gasteiger partial charge on any atom is 0.264 e. The summed E-state index contributed by atoms with van der Waals surface area (Å²) in [5.74, 6) is -0.272. The summed E-state index contributed by atoms with van der Waals surface area (Å²) in [6.07, 6.45) is 0.834. The number of amides is 1. The molecular weight excluding hydrogens is 390 g/mol. The van der Waals surface area contributed by atoms with Crippen molar-refractivity contribution in [3.05, 3.63) is 60.2 Å². The maximum absolute atomic E-state index is 12.9. The summed E-state index contributed by atoms with van der Waals surface area (Å²) in [5.41, 5.74) is 0.893. The van der Waals surface area contributed by atoms with Crippen LogP contribution in [0.15, 0.2) is 59.5 Å². The van der Waals surface area contributed by atoms with E-state index in [2.05, 4.69) is 10.2 Å². The monoisotopic (exact) mass is 417 g/mol. The normalized spacial score (nSPS) is 15.1. The molecule has 1 amide bonds. The van der Waals surface area contributed by atoms with E-state index in [1.54, 1.807) is 36.4 Å². The number of nitrogens with one attached hydrogen (secondary N) is 1. The molecule has 8 heteroatoms. The Kier molecular flexibility index (Phi) is 7.24. The Labute approximate surface area is 172 Å². The molecule has 0 radical (unpaired) electrons. The SMILES string of the molecule is CN(c1ccccc1)S(=O)(=O)c1cccc(C(=O)NCCCN2CCOCC2)c1. The van der Waals surface area contributed by atoms with E-state index in [0.29, 0.717) is 17.8 Å². The Hall–Kier alpha value is -2.42. The number of hydrogen-bond acceptors (Lipinski definition) is 5. The van der Waals surface area contributed by atoms with Crippen molar-refractivity contribution in [2.75, 3.05) is 50.7 Å². The fraction of sp³-hybridized carbons (Fsp3) is 0.381. The molecule has 29 heavy (non-hydrogen) atoms. The van der Waals surface area contributed by atoms with Gasteiger partial charge in [0.15, 0.2) is 0 Å². The Morgan fingerprint density at radius 3 is 2.55 bits per heavy atom. The molecule has 1 saturated heterocycles. The van der Waals surface area contributed by atoms with Gasteiger partial charge in [-0.3, -0.25) is 14.0 Å². The van der Waals surface area contributed by atoms with Crippen LogP contribution in [0.4, 0.5) is 5.69 Å². The molecule has 0 unspecified atom stereocenters. The summed E-state index contributed by atoms with van der Waals surface area (Å²) in [4.78, 5) is 14.9. The molecule has 0 aliphatic carbocycles. The molecular formula is C21H27N3O4S. The molecule has 2 aromatic carbocycles. The molecule has 1 aliphatic heterocycles. The molecule has 0 saturated carbocycles. The van der Waals surface area contributed by atoms with Crippen LogP contribution in [-0.2, 0) is 14.8 Å². The lowest BCUT2D eigenvalue weighted by atomic mass is 10.2. The largest absolute Gasteiger partial charge is 0.379 e. The van der Waals surface area contributed by atoms with E-state index < -0.39 is 10.0 Å². The molecule has 0 bridgehead atoms. The zero-order valence-corrected chi connectivity index (χ0v) is 17.4. The first-order valence-corrected chi connectivity index (χ1v) is 11.1. The number of morpholine rings is 1. The number of para-hydroxylation sites is 1. The van der Waals surface area contributed by atoms with Crippen molar-refractivity contribution in [2.24, 2.45) is 0 Å². The highest BCUT2D eigenvalue weighted by atomic mass is 32.2. The number of hydrogen-bond donors (Lipinski definition) is 1. The van der Waals surface area contributed by atoms with Gasteiger partial charge in [0.05, 0.1) is 23.8 Å². The summed E-state index contributed by atoms with van der Waals surface area (Å²) in [6, 6.07) is 15.0. The summed E-state index contributed by atoms with van der Waals surface area (Å²) < 4.78 is 32.4. The fourth-order valence-electron chi connectivity index (χ4n) is 3.16. The summed E-state index contributed by atoms with van der Waals surface area (Å²) in [6.45, 7) is 4.79. The Balaban J connectivity index is 1.60. The number of rotatable bonds is 8. The zero-order valence-electron chi connectivity index (χ0n) is 16.6. The van der Waals surface area contributed by atoms with Crippen LogP contribution in [-0.4, -0.2) is 65.7 Å². The minimum atomic E-state index is -3.75. The molecule has 0 aromatic heterocycles. The third-order valence-corrected chi connectivity index (χ3v) is 6.70. The van der Waals surface area contributed by atoms with E-state index in [1.807, 2.05) is 6.07 Å². The van der Waals surface area contributed by atoms with E-state index >= 15 is 0 Å². The van der Waals surface area contributed by atoms with Gasteiger partial charge in [0, 0.05) is 32.2 Å². The lowest BCUT2D eigenvalue weighted by molar-refractivity contribution is 0.0374. The second-order valence-corrected chi connectivity index (χ2v) is 8.87. The van der Waals surface area contributed by atoms with Gasteiger partial charge in [-0.25, -0.2) is 8.42 Å². The van der Waals surface area contributed by atoms with Crippen molar-refractivity contribution in [3.63, 3.8) is 0 Å². The molecule has 1 heterocycles. The Morgan fingerprint density at radius 2 is 1.83 bits per heavy atom. The standard InChI is InChI=1S/C21H27N3O4S/c1-23(19-8-3-2-4-9-19)29(26,27)20-10-5-7-18(17-20)21(25)22-11-6-12-24-13-15-28-16-14-24/h2-5,7-10,17H,6,11-16H2,1H3,(H,22,25). The van der Waals surface area contributed by atoms with Gasteiger partial charge in [0.1, 0.15) is 0 Å². The van der Waals surface area contributed by atoms with Gasteiger partial charge in [0.2, 0.25) is 0 Å². The molecule has 156 valence electrons. The van der Waals surface area contributed by atoms with Crippen LogP contribution in [0, 0.1) is 0 Å². The Bertz CT molecular complexity index is 913. The third-order valence-electron chi connectivity index (χ3n) is 4.91. The predicted molar refractivity (Wildman–Crippen MR) is 113 cm³/mol. The molecule has 1 N–H and O–H groups in total. The molecule has 2 aromatic rings. The minimum absolute atomic E-state index is 0.0878. The number of nitrogens with zero attached hydrogens (tertiary/aromatic N) is 2. The van der Waals surface area contributed by atoms with Crippen LogP contribution >= 0.6 is 0 Å². The van der Waals surface area contributed by atoms with Gasteiger partial charge in [-0.1, -0.05) is 24.3 Å². The minimum Gasteiger partial charge on any atom is -0.379 e. The second-order valence-electron chi connectivity index (χ2n) is 6.90. The van der Waals surface area contributed by atoms with Crippen molar-refractivity contribution in [2.45, 2.75) is 11.3 Å². The topological polar surface area (TPSA) is 79.0 Å². The van der Waals surface area contributed by atoms with Crippen LogP contribution in [0.5, 0.6) is 0 Å². The van der Waals surface area contributed by atoms with E-state index in [1.165, 1.54) is 23.5 Å². The molecule has 1 aliphatic rings. The molecule has 1 fully saturated rings. The van der Waals surface area contributed by atoms with Gasteiger partial charge in [-0.05, 0) is 43.3 Å². The highest BCUT2D eigenvalue weighted by Crippen LogP contribution is 2.22. The summed E-state index contributed by atoms with van der Waals surface area (Å²) in [7, 11) is -2.25. The number of carbonyl (C=O) groups excluding carboxylic acids is 1. The van der Waals surface area contributed by atoms with Crippen molar-refractivity contribution in [1.29, 1.82) is 0 Å². The van der Waals surface area contributed by atoms with E-state index in [-0.39, 0.29) is 10.8 Å². The van der Waals surface area contributed by atoms with Crippen LogP contribution in [0.25, 0.3) is 0 Å². The average molecular weight is 418 g/mol. The lowest BCUT2D eigenvalue weighted by Gasteiger charge is -2.26. The number of carbonyl (C=O) groups is 1. The average Bonchev–Trinajstić information content (AvgIpc) is 2.77. The van der Waals surface area contributed by atoms with Crippen molar-refractivity contribution < 1.29 is 17.9 Å². The van der Waals surface area contributed by atoms with E-state index in [4.69, 9.17) is 4.74 Å². The van der Waals surface area contributed by atoms with Crippen LogP contribution < -0.4 is 9.62 Å². The lowest BCUT2D eigenvalue weighted by Crippen LogP contribution is -2.38. The van der Waals surface area contributed by atoms with Crippen LogP contribution in [0.3, 0.4) is 0 Å². The first-order valence-electron chi connectivity index (χ1n) is 9.71. The zero-order chi connectivity index (χ0) is 20.7. The molecule has 7 nitrogen and oxygen atoms in total. The van der Waals surface area contributed by atoms with Crippen molar-refractivity contribution in [3.8, 4) is 0 Å². The highest BCUT2D eigenvalue weighted by molar-refractivity contribution is 7.92. The smallest absolute Gasteiger partial charge is 0.264 e. The molecule has 0 atom stereocenters. The number of benzene rings is 2. The van der Waals surface area contributed by atoms with Gasteiger partial charge in [0.25, 0.3) is 15.9 Å². The first-order chi connectivity index (χ1) is 14.0.